The predicted octanol–water partition coefficient (Wildman–Crippen LogP) is 2.19. The highest BCUT2D eigenvalue weighted by molar-refractivity contribution is 6.02. The highest BCUT2D eigenvalue weighted by Crippen LogP contribution is 2.28. The summed E-state index contributed by atoms with van der Waals surface area (Å²) < 4.78 is 0. The molecule has 0 saturated carbocycles. The van der Waals surface area contributed by atoms with Crippen LogP contribution >= 0.6 is 0 Å². The lowest BCUT2D eigenvalue weighted by Gasteiger charge is -2.23. The van der Waals surface area contributed by atoms with Gasteiger partial charge in [-0.05, 0) is 30.9 Å². The van der Waals surface area contributed by atoms with Crippen molar-refractivity contribution < 1.29 is 19.5 Å². The number of benzene rings is 1. The van der Waals surface area contributed by atoms with E-state index in [1.807, 2.05) is 37.3 Å². The molecular formula is C18H24N2O4. The molecule has 2 rings (SSSR count). The average Bonchev–Trinajstić information content (AvgIpc) is 2.72. The van der Waals surface area contributed by atoms with Gasteiger partial charge in [-0.3, -0.25) is 14.4 Å². The van der Waals surface area contributed by atoms with Gasteiger partial charge in [0.2, 0.25) is 11.8 Å². The fraction of sp³-hybridized carbons (Fsp3) is 0.500. The van der Waals surface area contributed by atoms with E-state index >= 15 is 0 Å². The second kappa shape index (κ2) is 7.03. The van der Waals surface area contributed by atoms with Gasteiger partial charge in [-0.2, -0.15) is 0 Å². The van der Waals surface area contributed by atoms with Crippen molar-refractivity contribution in [2.75, 3.05) is 4.90 Å². The van der Waals surface area contributed by atoms with Crippen LogP contribution in [-0.4, -0.2) is 35.0 Å². The first-order chi connectivity index (χ1) is 11.2. The summed E-state index contributed by atoms with van der Waals surface area (Å²) in [6.07, 6.45) is 0.521. The maximum absolute atomic E-state index is 12.6. The van der Waals surface area contributed by atoms with Gasteiger partial charge in [-0.15, -0.1) is 0 Å². The number of nitrogens with zero attached hydrogens (tertiary/aromatic N) is 1. The minimum Gasteiger partial charge on any atom is -0.481 e. The van der Waals surface area contributed by atoms with Crippen molar-refractivity contribution >= 4 is 23.5 Å². The molecule has 1 fully saturated rings. The first kappa shape index (κ1) is 18.0. The number of amides is 2. The van der Waals surface area contributed by atoms with Crippen LogP contribution in [0.1, 0.15) is 40.0 Å². The molecule has 0 aliphatic carbocycles. The van der Waals surface area contributed by atoms with E-state index in [2.05, 4.69) is 5.32 Å². The van der Waals surface area contributed by atoms with Gasteiger partial charge in [0.25, 0.3) is 0 Å². The first-order valence-electron chi connectivity index (χ1n) is 8.09. The topological polar surface area (TPSA) is 86.7 Å². The minimum atomic E-state index is -0.936. The summed E-state index contributed by atoms with van der Waals surface area (Å²) in [5.41, 5.74) is 0.167. The van der Waals surface area contributed by atoms with Crippen LogP contribution in [0.15, 0.2) is 30.3 Å². The third-order valence-corrected chi connectivity index (χ3v) is 4.19. The molecule has 2 atom stereocenters. The molecule has 24 heavy (non-hydrogen) atoms. The van der Waals surface area contributed by atoms with E-state index in [1.54, 1.807) is 18.7 Å². The number of hydrogen-bond acceptors (Lipinski definition) is 3. The molecule has 1 aliphatic rings. The maximum Gasteiger partial charge on any atom is 0.303 e. The average molecular weight is 332 g/mol. The summed E-state index contributed by atoms with van der Waals surface area (Å²) in [6.45, 7) is 5.41. The second-order valence-corrected chi connectivity index (χ2v) is 7.16. The Morgan fingerprint density at radius 3 is 2.46 bits per heavy atom. The summed E-state index contributed by atoms with van der Waals surface area (Å²) in [7, 11) is 0. The van der Waals surface area contributed by atoms with Gasteiger partial charge in [0.1, 0.15) is 6.04 Å². The molecule has 1 heterocycles. The van der Waals surface area contributed by atoms with Crippen molar-refractivity contribution in [1.82, 2.24) is 5.32 Å². The summed E-state index contributed by atoms with van der Waals surface area (Å²) in [4.78, 5) is 37.4. The van der Waals surface area contributed by atoms with E-state index in [0.29, 0.717) is 6.42 Å². The number of hydrogen-bond donors (Lipinski definition) is 2. The summed E-state index contributed by atoms with van der Waals surface area (Å²) >= 11 is 0. The molecule has 130 valence electrons. The van der Waals surface area contributed by atoms with Crippen LogP contribution in [-0.2, 0) is 14.4 Å². The van der Waals surface area contributed by atoms with Gasteiger partial charge >= 0.3 is 5.97 Å². The van der Waals surface area contributed by atoms with Crippen LogP contribution in [0.25, 0.3) is 0 Å². The summed E-state index contributed by atoms with van der Waals surface area (Å²) in [5.74, 6) is -1.35. The zero-order valence-electron chi connectivity index (χ0n) is 14.3. The predicted molar refractivity (Wildman–Crippen MR) is 90.6 cm³/mol. The third kappa shape index (κ3) is 4.34. The van der Waals surface area contributed by atoms with E-state index in [1.165, 1.54) is 0 Å². The highest BCUT2D eigenvalue weighted by atomic mass is 16.4. The highest BCUT2D eigenvalue weighted by Gasteiger charge is 2.39. The van der Waals surface area contributed by atoms with E-state index in [-0.39, 0.29) is 30.7 Å². The number of carbonyl (C=O) groups is 3. The molecule has 0 bridgehead atoms. The monoisotopic (exact) mass is 332 g/mol. The number of para-hydroxylation sites is 1. The Balaban J connectivity index is 2.00. The molecule has 2 amide bonds. The molecule has 0 spiro atoms. The number of anilines is 1. The summed E-state index contributed by atoms with van der Waals surface area (Å²) in [5, 5.41) is 11.7. The van der Waals surface area contributed by atoms with Crippen molar-refractivity contribution in [2.24, 2.45) is 5.41 Å². The van der Waals surface area contributed by atoms with Crippen LogP contribution in [0, 0.1) is 5.41 Å². The lowest BCUT2D eigenvalue weighted by Crippen LogP contribution is -2.43. The molecule has 6 nitrogen and oxygen atoms in total. The largest absolute Gasteiger partial charge is 0.481 e. The van der Waals surface area contributed by atoms with E-state index in [9.17, 15) is 14.4 Å². The molecule has 1 aromatic carbocycles. The number of rotatable bonds is 6. The normalized spacial score (nSPS) is 21.0. The zero-order valence-corrected chi connectivity index (χ0v) is 14.3. The van der Waals surface area contributed by atoms with Gasteiger partial charge < -0.3 is 15.3 Å². The van der Waals surface area contributed by atoms with Crippen molar-refractivity contribution in [1.29, 1.82) is 0 Å². The molecule has 6 heteroatoms. The van der Waals surface area contributed by atoms with Crippen LogP contribution < -0.4 is 10.2 Å². The van der Waals surface area contributed by atoms with Crippen molar-refractivity contribution in [3.05, 3.63) is 30.3 Å². The number of carboxylic acid groups (broad SMARTS) is 1. The Labute approximate surface area is 141 Å². The van der Waals surface area contributed by atoms with Gasteiger partial charge in [0, 0.05) is 18.2 Å². The Morgan fingerprint density at radius 2 is 1.88 bits per heavy atom. The zero-order chi connectivity index (χ0) is 17.9. The molecule has 1 aromatic rings. The SMILES string of the molecule is C[C@H]1C[C@H](NC(=O)CC(C)(C)CC(=O)O)C(=O)N1c1ccccc1. The van der Waals surface area contributed by atoms with Crippen LogP contribution in [0.5, 0.6) is 0 Å². The molecule has 1 saturated heterocycles. The van der Waals surface area contributed by atoms with Crippen molar-refractivity contribution in [3.63, 3.8) is 0 Å². The molecule has 0 unspecified atom stereocenters. The summed E-state index contributed by atoms with van der Waals surface area (Å²) in [6, 6.07) is 8.80. The second-order valence-electron chi connectivity index (χ2n) is 7.16. The van der Waals surface area contributed by atoms with Gasteiger partial charge in [0.05, 0.1) is 6.42 Å². The van der Waals surface area contributed by atoms with Crippen LogP contribution in [0.2, 0.25) is 0 Å². The number of carbonyl (C=O) groups excluding carboxylic acids is 2. The Hall–Kier alpha value is -2.37. The fourth-order valence-electron chi connectivity index (χ4n) is 3.18. The molecule has 2 N–H and O–H groups in total. The Morgan fingerprint density at radius 1 is 1.25 bits per heavy atom. The quantitative estimate of drug-likeness (QED) is 0.836. The Bertz CT molecular complexity index is 627. The van der Waals surface area contributed by atoms with Crippen LogP contribution in [0.4, 0.5) is 5.69 Å². The third-order valence-electron chi connectivity index (χ3n) is 4.19. The standard InChI is InChI=1S/C18H24N2O4/c1-12-9-14(17(24)20(12)13-7-5-4-6-8-13)19-15(21)10-18(2,3)11-16(22)23/h4-8,12,14H,9-11H2,1-3H3,(H,19,21)(H,22,23)/t12-,14-/m0/s1. The molecule has 0 radical (unpaired) electrons. The van der Waals surface area contributed by atoms with Crippen molar-refractivity contribution in [2.45, 2.75) is 52.1 Å². The van der Waals surface area contributed by atoms with E-state index in [0.717, 1.165) is 5.69 Å². The number of nitrogens with one attached hydrogen (secondary N) is 1. The van der Waals surface area contributed by atoms with Crippen LogP contribution in [0.3, 0.4) is 0 Å². The van der Waals surface area contributed by atoms with E-state index < -0.39 is 17.4 Å². The molecule has 1 aliphatic heterocycles. The Kier molecular flexibility index (Phi) is 5.26. The maximum atomic E-state index is 12.6. The smallest absolute Gasteiger partial charge is 0.303 e. The van der Waals surface area contributed by atoms with E-state index in [4.69, 9.17) is 5.11 Å². The van der Waals surface area contributed by atoms with Gasteiger partial charge in [-0.25, -0.2) is 0 Å². The number of carboxylic acids is 1. The number of aliphatic carboxylic acids is 1. The first-order valence-corrected chi connectivity index (χ1v) is 8.09. The van der Waals surface area contributed by atoms with Crippen molar-refractivity contribution in [3.8, 4) is 0 Å². The molecule has 0 aromatic heterocycles. The lowest BCUT2D eigenvalue weighted by atomic mass is 9.85. The minimum absolute atomic E-state index is 0.00257. The fourth-order valence-corrected chi connectivity index (χ4v) is 3.18. The lowest BCUT2D eigenvalue weighted by molar-refractivity contribution is -0.140. The van der Waals surface area contributed by atoms with Gasteiger partial charge in [0.15, 0.2) is 0 Å². The molecular weight excluding hydrogens is 308 g/mol. The van der Waals surface area contributed by atoms with Gasteiger partial charge in [-0.1, -0.05) is 32.0 Å².